The Balaban J connectivity index is 2.93. The van der Waals surface area contributed by atoms with Gasteiger partial charge in [-0.3, -0.25) is 4.79 Å². The Bertz CT molecular complexity index is 645. The fourth-order valence-corrected chi connectivity index (χ4v) is 3.63. The van der Waals surface area contributed by atoms with Crippen LogP contribution in [0.25, 0.3) is 0 Å². The van der Waals surface area contributed by atoms with Crippen molar-refractivity contribution in [1.29, 1.82) is 0 Å². The lowest BCUT2D eigenvalue weighted by Gasteiger charge is -2.16. The fourth-order valence-electron chi connectivity index (χ4n) is 2.12. The number of benzene rings is 1. The highest BCUT2D eigenvalue weighted by molar-refractivity contribution is 14.1. The molecule has 0 saturated carbocycles. The molecule has 1 rings (SSSR count). The van der Waals surface area contributed by atoms with Crippen LogP contribution in [0.3, 0.4) is 0 Å². The fraction of sp³-hybridized carbons (Fsp3) is 0.562. The van der Waals surface area contributed by atoms with Gasteiger partial charge in [-0.25, -0.2) is 12.7 Å². The van der Waals surface area contributed by atoms with Crippen molar-refractivity contribution in [3.8, 4) is 0 Å². The van der Waals surface area contributed by atoms with Crippen molar-refractivity contribution in [1.82, 2.24) is 9.62 Å². The third-order valence-corrected chi connectivity index (χ3v) is 6.33. The summed E-state index contributed by atoms with van der Waals surface area (Å²) < 4.78 is 26.3. The van der Waals surface area contributed by atoms with Gasteiger partial charge in [-0.1, -0.05) is 26.2 Å². The maximum Gasteiger partial charge on any atom is 0.252 e. The summed E-state index contributed by atoms with van der Waals surface area (Å²) >= 11 is 2.05. The monoisotopic (exact) mass is 452 g/mol. The number of carbonyl (C=O) groups is 1. The average molecular weight is 452 g/mol. The van der Waals surface area contributed by atoms with Gasteiger partial charge in [-0.05, 0) is 54.1 Å². The van der Waals surface area contributed by atoms with Crippen molar-refractivity contribution in [3.63, 3.8) is 0 Å². The Kier molecular flexibility index (Phi) is 7.96. The van der Waals surface area contributed by atoms with Crippen LogP contribution < -0.4 is 5.32 Å². The zero-order valence-electron chi connectivity index (χ0n) is 14.1. The van der Waals surface area contributed by atoms with Crippen molar-refractivity contribution >= 4 is 38.5 Å². The van der Waals surface area contributed by atoms with Gasteiger partial charge < -0.3 is 5.32 Å². The van der Waals surface area contributed by atoms with Crippen molar-refractivity contribution in [2.45, 2.75) is 50.5 Å². The first kappa shape index (κ1) is 20.4. The maximum absolute atomic E-state index is 12.4. The molecule has 0 spiro atoms. The maximum atomic E-state index is 12.4. The summed E-state index contributed by atoms with van der Waals surface area (Å²) in [6.45, 7) is 4.11. The number of nitrogens with one attached hydrogen (secondary N) is 1. The Hall–Kier alpha value is -0.670. The lowest BCUT2D eigenvalue weighted by molar-refractivity contribution is 0.0937. The minimum Gasteiger partial charge on any atom is -0.350 e. The molecule has 1 amide bonds. The van der Waals surface area contributed by atoms with E-state index in [1.165, 1.54) is 26.2 Å². The van der Waals surface area contributed by atoms with Gasteiger partial charge in [-0.15, -0.1) is 0 Å². The minimum absolute atomic E-state index is 0.0685. The van der Waals surface area contributed by atoms with Crippen LogP contribution in [0.2, 0.25) is 0 Å². The average Bonchev–Trinajstić information content (AvgIpc) is 2.47. The van der Waals surface area contributed by atoms with E-state index in [1.54, 1.807) is 6.07 Å². The van der Waals surface area contributed by atoms with E-state index in [-0.39, 0.29) is 16.8 Å². The van der Waals surface area contributed by atoms with Gasteiger partial charge in [0.05, 0.1) is 10.5 Å². The summed E-state index contributed by atoms with van der Waals surface area (Å²) in [5, 5.41) is 2.95. The molecule has 0 aliphatic heterocycles. The van der Waals surface area contributed by atoms with Gasteiger partial charge in [0.1, 0.15) is 0 Å². The molecule has 0 fully saturated rings. The quantitative estimate of drug-likeness (QED) is 0.487. The van der Waals surface area contributed by atoms with Gasteiger partial charge in [0.25, 0.3) is 5.91 Å². The number of sulfonamides is 1. The topological polar surface area (TPSA) is 66.5 Å². The second-order valence-electron chi connectivity index (χ2n) is 5.80. The van der Waals surface area contributed by atoms with E-state index in [4.69, 9.17) is 0 Å². The second-order valence-corrected chi connectivity index (χ2v) is 9.11. The van der Waals surface area contributed by atoms with Gasteiger partial charge in [0.2, 0.25) is 10.0 Å². The van der Waals surface area contributed by atoms with Gasteiger partial charge in [0, 0.05) is 23.7 Å². The van der Waals surface area contributed by atoms with Crippen LogP contribution in [0.4, 0.5) is 0 Å². The van der Waals surface area contributed by atoms with Crippen LogP contribution in [0.1, 0.15) is 49.9 Å². The molecule has 0 aliphatic rings. The molecular weight excluding hydrogens is 427 g/mol. The molecule has 0 radical (unpaired) electrons. The number of rotatable bonds is 8. The van der Waals surface area contributed by atoms with Crippen LogP contribution in [0.15, 0.2) is 23.1 Å². The van der Waals surface area contributed by atoms with Gasteiger partial charge in [0.15, 0.2) is 0 Å². The third-order valence-electron chi connectivity index (χ3n) is 3.58. The third kappa shape index (κ3) is 5.72. The van der Waals surface area contributed by atoms with E-state index in [9.17, 15) is 13.2 Å². The van der Waals surface area contributed by atoms with Crippen molar-refractivity contribution in [2.24, 2.45) is 0 Å². The highest BCUT2D eigenvalue weighted by Crippen LogP contribution is 2.20. The van der Waals surface area contributed by atoms with Crippen LogP contribution >= 0.6 is 22.6 Å². The van der Waals surface area contributed by atoms with Gasteiger partial charge >= 0.3 is 0 Å². The van der Waals surface area contributed by atoms with E-state index in [2.05, 4.69) is 34.8 Å². The lowest BCUT2D eigenvalue weighted by Crippen LogP contribution is -2.33. The van der Waals surface area contributed by atoms with Crippen molar-refractivity contribution in [3.05, 3.63) is 27.3 Å². The van der Waals surface area contributed by atoms with Crippen LogP contribution in [0, 0.1) is 3.57 Å². The highest BCUT2D eigenvalue weighted by Gasteiger charge is 2.21. The standard InChI is InChI=1S/C16H25IN2O3S/c1-5-6-7-8-12(2)18-16(20)14-11-13(9-10-15(14)17)23(21,22)19(3)4/h9-12H,5-8H2,1-4H3,(H,18,20). The second kappa shape index (κ2) is 8.98. The molecule has 1 unspecified atom stereocenters. The number of halogens is 1. The summed E-state index contributed by atoms with van der Waals surface area (Å²) in [6, 6.07) is 4.70. The van der Waals surface area contributed by atoms with Crippen molar-refractivity contribution in [2.75, 3.05) is 14.1 Å². The first-order valence-corrected chi connectivity index (χ1v) is 10.2. The SMILES string of the molecule is CCCCCC(C)NC(=O)c1cc(S(=O)(=O)N(C)C)ccc1I. The van der Waals surface area contributed by atoms with E-state index in [1.807, 2.05) is 6.92 Å². The Labute approximate surface area is 153 Å². The number of nitrogens with zero attached hydrogens (tertiary/aromatic N) is 1. The highest BCUT2D eigenvalue weighted by atomic mass is 127. The lowest BCUT2D eigenvalue weighted by atomic mass is 10.1. The molecule has 130 valence electrons. The molecule has 1 N–H and O–H groups in total. The number of hydrogen-bond donors (Lipinski definition) is 1. The summed E-state index contributed by atoms with van der Waals surface area (Å²) in [5.74, 6) is -0.228. The van der Waals surface area contributed by atoms with Crippen LogP contribution in [-0.2, 0) is 10.0 Å². The smallest absolute Gasteiger partial charge is 0.252 e. The Morgan fingerprint density at radius 2 is 1.96 bits per heavy atom. The molecule has 0 bridgehead atoms. The predicted octanol–water partition coefficient (Wildman–Crippen LogP) is 3.24. The van der Waals surface area contributed by atoms with Gasteiger partial charge in [-0.2, -0.15) is 0 Å². The van der Waals surface area contributed by atoms with Crippen molar-refractivity contribution < 1.29 is 13.2 Å². The summed E-state index contributed by atoms with van der Waals surface area (Å²) in [7, 11) is -0.596. The Morgan fingerprint density at radius 1 is 1.30 bits per heavy atom. The number of unbranched alkanes of at least 4 members (excludes halogenated alkanes) is 2. The normalized spacial score (nSPS) is 13.1. The van der Waals surface area contributed by atoms with E-state index in [0.717, 1.165) is 33.6 Å². The molecule has 1 atom stereocenters. The van der Waals surface area contributed by atoms with E-state index >= 15 is 0 Å². The van der Waals surface area contributed by atoms with E-state index in [0.29, 0.717) is 5.56 Å². The molecule has 23 heavy (non-hydrogen) atoms. The molecule has 0 aliphatic carbocycles. The summed E-state index contributed by atoms with van der Waals surface area (Å²) in [6.07, 6.45) is 4.28. The number of hydrogen-bond acceptors (Lipinski definition) is 3. The van der Waals surface area contributed by atoms with Crippen LogP contribution in [0.5, 0.6) is 0 Å². The molecule has 0 heterocycles. The predicted molar refractivity (Wildman–Crippen MR) is 101 cm³/mol. The van der Waals surface area contributed by atoms with E-state index < -0.39 is 10.0 Å². The minimum atomic E-state index is -3.55. The zero-order valence-corrected chi connectivity index (χ0v) is 17.1. The first-order chi connectivity index (χ1) is 10.7. The molecular formula is C16H25IN2O3S. The first-order valence-electron chi connectivity index (χ1n) is 7.73. The Morgan fingerprint density at radius 3 is 2.52 bits per heavy atom. The summed E-state index contributed by atoms with van der Waals surface area (Å²) in [4.78, 5) is 12.6. The molecule has 0 saturated heterocycles. The molecule has 5 nitrogen and oxygen atoms in total. The zero-order chi connectivity index (χ0) is 17.6. The number of amides is 1. The summed E-state index contributed by atoms with van der Waals surface area (Å²) in [5.41, 5.74) is 0.399. The largest absolute Gasteiger partial charge is 0.350 e. The number of carbonyl (C=O) groups excluding carboxylic acids is 1. The molecule has 1 aromatic carbocycles. The molecule has 7 heteroatoms. The molecule has 0 aromatic heterocycles. The van der Waals surface area contributed by atoms with Crippen LogP contribution in [-0.4, -0.2) is 38.8 Å². The molecule has 1 aromatic rings.